The van der Waals surface area contributed by atoms with Crippen LogP contribution in [0.5, 0.6) is 0 Å². The lowest BCUT2D eigenvalue weighted by Gasteiger charge is -2.25. The molecule has 2 aliphatic heterocycles. The number of nitrogens with one attached hydrogen (secondary N) is 2. The largest absolute Gasteiger partial charge is 0.375 e. The lowest BCUT2D eigenvalue weighted by molar-refractivity contribution is 0.103. The zero-order chi connectivity index (χ0) is 13.8. The maximum absolute atomic E-state index is 12.3. The van der Waals surface area contributed by atoms with Gasteiger partial charge in [-0.1, -0.05) is 0 Å². The maximum atomic E-state index is 12.3. The third kappa shape index (κ3) is 2.86. The van der Waals surface area contributed by atoms with E-state index in [4.69, 9.17) is 0 Å². The molecule has 0 atom stereocenters. The van der Waals surface area contributed by atoms with Gasteiger partial charge in [-0.15, -0.1) is 0 Å². The number of allylic oxidation sites excluding steroid dienone is 1. The van der Waals surface area contributed by atoms with E-state index < -0.39 is 0 Å². The molecular formula is C14H19N5O. The molecule has 106 valence electrons. The molecule has 0 bridgehead atoms. The number of rotatable bonds is 3. The van der Waals surface area contributed by atoms with E-state index in [-0.39, 0.29) is 5.78 Å². The fraction of sp³-hybridized carbons (Fsp3) is 0.500. The van der Waals surface area contributed by atoms with Crippen molar-refractivity contribution in [1.29, 1.82) is 0 Å². The van der Waals surface area contributed by atoms with E-state index in [1.54, 1.807) is 6.08 Å². The molecule has 3 heterocycles. The Morgan fingerprint density at radius 1 is 1.20 bits per heavy atom. The summed E-state index contributed by atoms with van der Waals surface area (Å²) in [5.74, 6) is -0.0240. The lowest BCUT2D eigenvalue weighted by Crippen LogP contribution is -2.40. The van der Waals surface area contributed by atoms with Crippen molar-refractivity contribution < 1.29 is 4.79 Å². The second-order valence-corrected chi connectivity index (χ2v) is 5.04. The van der Waals surface area contributed by atoms with Gasteiger partial charge < -0.3 is 15.5 Å². The molecule has 2 aliphatic rings. The first-order chi connectivity index (χ1) is 9.84. The van der Waals surface area contributed by atoms with Gasteiger partial charge in [-0.05, 0) is 13.0 Å². The quantitative estimate of drug-likeness (QED) is 0.583. The molecule has 6 heteroatoms. The van der Waals surface area contributed by atoms with Crippen molar-refractivity contribution in [3.8, 4) is 0 Å². The predicted molar refractivity (Wildman–Crippen MR) is 75.4 cm³/mol. The number of ketones is 1. The van der Waals surface area contributed by atoms with Gasteiger partial charge in [0.2, 0.25) is 5.78 Å². The summed E-state index contributed by atoms with van der Waals surface area (Å²) < 4.78 is 0. The Bertz CT molecular complexity index is 522. The average Bonchev–Trinajstić information content (AvgIpc) is 2.53. The average molecular weight is 273 g/mol. The molecule has 0 aliphatic carbocycles. The van der Waals surface area contributed by atoms with E-state index in [1.165, 1.54) is 6.33 Å². The molecule has 0 saturated carbocycles. The van der Waals surface area contributed by atoms with E-state index >= 15 is 0 Å². The number of piperazine rings is 1. The monoisotopic (exact) mass is 273 g/mol. The van der Waals surface area contributed by atoms with E-state index in [2.05, 4.69) is 25.5 Å². The third-order valence-corrected chi connectivity index (χ3v) is 3.70. The Balaban J connectivity index is 1.75. The molecule has 1 fully saturated rings. The smallest absolute Gasteiger partial charge is 0.206 e. The fourth-order valence-corrected chi connectivity index (χ4v) is 2.58. The van der Waals surface area contributed by atoms with Gasteiger partial charge in [0.1, 0.15) is 12.0 Å². The molecule has 0 spiro atoms. The fourth-order valence-electron chi connectivity index (χ4n) is 2.58. The second-order valence-electron chi connectivity index (χ2n) is 5.04. The molecule has 0 radical (unpaired) electrons. The molecule has 1 saturated heterocycles. The molecule has 6 nitrogen and oxygen atoms in total. The Labute approximate surface area is 118 Å². The highest BCUT2D eigenvalue weighted by atomic mass is 16.1. The highest BCUT2D eigenvalue weighted by molar-refractivity contribution is 6.04. The first-order valence-electron chi connectivity index (χ1n) is 7.05. The van der Waals surface area contributed by atoms with E-state index in [0.717, 1.165) is 56.9 Å². The highest BCUT2D eigenvalue weighted by Crippen LogP contribution is 2.15. The van der Waals surface area contributed by atoms with E-state index in [1.807, 2.05) is 6.20 Å². The Kier molecular flexibility index (Phi) is 4.03. The molecule has 2 N–H and O–H groups in total. The van der Waals surface area contributed by atoms with Crippen LogP contribution in [0.4, 0.5) is 0 Å². The van der Waals surface area contributed by atoms with Crippen LogP contribution in [-0.2, 0) is 13.0 Å². The number of hydrogen-bond donors (Lipinski definition) is 2. The molecule has 3 rings (SSSR count). The van der Waals surface area contributed by atoms with Crippen molar-refractivity contribution in [2.24, 2.45) is 0 Å². The topological polar surface area (TPSA) is 70.2 Å². The molecule has 0 aromatic carbocycles. The highest BCUT2D eigenvalue weighted by Gasteiger charge is 2.18. The standard InChI is InChI=1S/C14H19N5O/c20-13(2-6-19-7-4-15-5-8-19)14-11-1-3-16-9-12(11)17-10-18-14/h2,6,10,15-16H,1,3-5,7-9H2. The summed E-state index contributed by atoms with van der Waals surface area (Å²) in [6, 6.07) is 0. The van der Waals surface area contributed by atoms with E-state index in [0.29, 0.717) is 5.69 Å². The predicted octanol–water partition coefficient (Wildman–Crippen LogP) is -0.276. The minimum absolute atomic E-state index is 0.0240. The molecule has 0 unspecified atom stereocenters. The zero-order valence-corrected chi connectivity index (χ0v) is 11.4. The van der Waals surface area contributed by atoms with Crippen molar-refractivity contribution in [3.05, 3.63) is 35.6 Å². The minimum atomic E-state index is -0.0240. The maximum Gasteiger partial charge on any atom is 0.206 e. The van der Waals surface area contributed by atoms with Crippen molar-refractivity contribution in [3.63, 3.8) is 0 Å². The Hall–Kier alpha value is -1.79. The minimum Gasteiger partial charge on any atom is -0.375 e. The van der Waals surface area contributed by atoms with Crippen LogP contribution >= 0.6 is 0 Å². The van der Waals surface area contributed by atoms with Gasteiger partial charge in [0.15, 0.2) is 0 Å². The van der Waals surface area contributed by atoms with Crippen molar-refractivity contribution in [2.75, 3.05) is 32.7 Å². The van der Waals surface area contributed by atoms with Gasteiger partial charge >= 0.3 is 0 Å². The van der Waals surface area contributed by atoms with Gasteiger partial charge in [-0.3, -0.25) is 4.79 Å². The molecule has 0 amide bonds. The van der Waals surface area contributed by atoms with Crippen LogP contribution in [0.2, 0.25) is 0 Å². The van der Waals surface area contributed by atoms with Gasteiger partial charge in [0, 0.05) is 50.6 Å². The Morgan fingerprint density at radius 2 is 2.05 bits per heavy atom. The van der Waals surface area contributed by atoms with Crippen LogP contribution in [-0.4, -0.2) is 53.4 Å². The molecule has 1 aromatic rings. The molecule has 20 heavy (non-hydrogen) atoms. The summed E-state index contributed by atoms with van der Waals surface area (Å²) in [5.41, 5.74) is 2.51. The molecule has 1 aromatic heterocycles. The van der Waals surface area contributed by atoms with Crippen molar-refractivity contribution in [1.82, 2.24) is 25.5 Å². The summed E-state index contributed by atoms with van der Waals surface area (Å²) in [4.78, 5) is 22.9. The number of carbonyl (C=O) groups is 1. The van der Waals surface area contributed by atoms with Gasteiger partial charge in [-0.25, -0.2) is 9.97 Å². The third-order valence-electron chi connectivity index (χ3n) is 3.70. The number of aromatic nitrogens is 2. The van der Waals surface area contributed by atoms with Crippen LogP contribution < -0.4 is 10.6 Å². The number of nitrogens with zero attached hydrogens (tertiary/aromatic N) is 3. The van der Waals surface area contributed by atoms with Crippen molar-refractivity contribution >= 4 is 5.78 Å². The summed E-state index contributed by atoms with van der Waals surface area (Å²) >= 11 is 0. The van der Waals surface area contributed by atoms with Crippen LogP contribution in [0.25, 0.3) is 0 Å². The Morgan fingerprint density at radius 3 is 2.90 bits per heavy atom. The first kappa shape index (κ1) is 13.2. The molecular weight excluding hydrogens is 254 g/mol. The van der Waals surface area contributed by atoms with Crippen molar-refractivity contribution in [2.45, 2.75) is 13.0 Å². The van der Waals surface area contributed by atoms with Gasteiger partial charge in [0.25, 0.3) is 0 Å². The zero-order valence-electron chi connectivity index (χ0n) is 11.4. The number of carbonyl (C=O) groups excluding carboxylic acids is 1. The number of fused-ring (bicyclic) bond motifs is 1. The summed E-state index contributed by atoms with van der Waals surface area (Å²) in [5, 5.41) is 6.54. The summed E-state index contributed by atoms with van der Waals surface area (Å²) in [7, 11) is 0. The van der Waals surface area contributed by atoms with Crippen LogP contribution in [0.1, 0.15) is 21.7 Å². The summed E-state index contributed by atoms with van der Waals surface area (Å²) in [6.07, 6.45) is 5.82. The van der Waals surface area contributed by atoms with Gasteiger partial charge in [0.05, 0.1) is 5.69 Å². The second kappa shape index (κ2) is 6.11. The number of hydrogen-bond acceptors (Lipinski definition) is 6. The lowest BCUT2D eigenvalue weighted by atomic mass is 10.0. The normalized spacial score (nSPS) is 19.1. The van der Waals surface area contributed by atoms with E-state index in [9.17, 15) is 4.79 Å². The van der Waals surface area contributed by atoms with Crippen LogP contribution in [0, 0.1) is 0 Å². The summed E-state index contributed by atoms with van der Waals surface area (Å²) in [6.45, 7) is 5.41. The van der Waals surface area contributed by atoms with Gasteiger partial charge in [-0.2, -0.15) is 0 Å². The van der Waals surface area contributed by atoms with Crippen LogP contribution in [0.15, 0.2) is 18.6 Å². The first-order valence-corrected chi connectivity index (χ1v) is 7.05. The van der Waals surface area contributed by atoms with Crippen LogP contribution in [0.3, 0.4) is 0 Å². The SMILES string of the molecule is O=C(C=CN1CCNCC1)c1ncnc2c1CCNC2.